The zero-order valence-electron chi connectivity index (χ0n) is 11.1. The Labute approximate surface area is 121 Å². The Morgan fingerprint density at radius 3 is 2.67 bits per heavy atom. The van der Waals surface area contributed by atoms with Crippen molar-refractivity contribution >= 4 is 22.8 Å². The van der Waals surface area contributed by atoms with Gasteiger partial charge in [0.1, 0.15) is 5.75 Å². The van der Waals surface area contributed by atoms with E-state index in [9.17, 15) is 4.79 Å². The number of fused-ring (bicyclic) bond motifs is 2. The van der Waals surface area contributed by atoms with Crippen LogP contribution in [-0.2, 0) is 0 Å². The topological polar surface area (TPSA) is 39.2 Å². The van der Waals surface area contributed by atoms with Crippen LogP contribution in [0.15, 0.2) is 66.6 Å². The second kappa shape index (κ2) is 4.56. The minimum absolute atomic E-state index is 0.0773. The van der Waals surface area contributed by atoms with Crippen LogP contribution in [-0.4, -0.2) is 10.8 Å². The second-order valence-corrected chi connectivity index (χ2v) is 4.85. The van der Waals surface area contributed by atoms with Crippen molar-refractivity contribution in [3.8, 4) is 5.75 Å². The molecule has 1 aliphatic rings. The highest BCUT2D eigenvalue weighted by atomic mass is 16.5. The van der Waals surface area contributed by atoms with Crippen LogP contribution in [0.2, 0.25) is 0 Å². The molecular formula is C18H11NO2. The van der Waals surface area contributed by atoms with Crippen molar-refractivity contribution in [1.29, 1.82) is 0 Å². The maximum absolute atomic E-state index is 12.3. The maximum atomic E-state index is 12.3. The lowest BCUT2D eigenvalue weighted by Crippen LogP contribution is -1.98. The van der Waals surface area contributed by atoms with Crippen LogP contribution in [0.4, 0.5) is 0 Å². The molecule has 0 bridgehead atoms. The average molecular weight is 273 g/mol. The molecule has 1 aromatic heterocycles. The third-order valence-corrected chi connectivity index (χ3v) is 3.54. The summed E-state index contributed by atoms with van der Waals surface area (Å²) in [6, 6.07) is 17.0. The average Bonchev–Trinajstić information content (AvgIpc) is 2.85. The van der Waals surface area contributed by atoms with Gasteiger partial charge in [0.15, 0.2) is 5.76 Å². The van der Waals surface area contributed by atoms with E-state index in [0.29, 0.717) is 17.1 Å². The Morgan fingerprint density at radius 1 is 0.952 bits per heavy atom. The van der Waals surface area contributed by atoms with Crippen molar-refractivity contribution in [2.75, 3.05) is 0 Å². The van der Waals surface area contributed by atoms with Crippen LogP contribution in [0.1, 0.15) is 15.9 Å². The third kappa shape index (κ3) is 1.91. The molecule has 21 heavy (non-hydrogen) atoms. The monoisotopic (exact) mass is 273 g/mol. The van der Waals surface area contributed by atoms with Gasteiger partial charge in [-0.2, -0.15) is 0 Å². The molecule has 0 amide bonds. The Kier molecular flexibility index (Phi) is 2.57. The number of ether oxygens (including phenoxy) is 1. The van der Waals surface area contributed by atoms with Crippen LogP contribution < -0.4 is 4.74 Å². The van der Waals surface area contributed by atoms with Gasteiger partial charge in [-0.1, -0.05) is 30.3 Å². The number of nitrogens with zero attached hydrogens (tertiary/aromatic N) is 1. The van der Waals surface area contributed by atoms with Gasteiger partial charge in [0.05, 0.1) is 11.1 Å². The summed E-state index contributed by atoms with van der Waals surface area (Å²) in [5.74, 6) is 0.895. The summed E-state index contributed by atoms with van der Waals surface area (Å²) in [6.45, 7) is 0. The fourth-order valence-electron chi connectivity index (χ4n) is 2.52. The van der Waals surface area contributed by atoms with Gasteiger partial charge in [0.25, 0.3) is 0 Å². The van der Waals surface area contributed by atoms with E-state index < -0.39 is 0 Å². The normalized spacial score (nSPS) is 15.2. The van der Waals surface area contributed by atoms with E-state index in [-0.39, 0.29) is 5.78 Å². The minimum Gasteiger partial charge on any atom is -0.452 e. The number of hydrogen-bond donors (Lipinski definition) is 0. The number of benzene rings is 2. The lowest BCUT2D eigenvalue weighted by Gasteiger charge is -2.02. The Morgan fingerprint density at radius 2 is 1.76 bits per heavy atom. The quantitative estimate of drug-likeness (QED) is 0.632. The van der Waals surface area contributed by atoms with E-state index in [1.165, 1.54) is 0 Å². The number of hydrogen-bond acceptors (Lipinski definition) is 3. The summed E-state index contributed by atoms with van der Waals surface area (Å²) in [6.07, 6.45) is 3.52. The molecule has 3 aromatic rings. The molecule has 1 aliphatic heterocycles. The Balaban J connectivity index is 1.84. The molecule has 3 heteroatoms. The number of Topliss-reactive ketones (excluding diaryl/α,β-unsaturated/α-hetero) is 1. The zero-order valence-corrected chi connectivity index (χ0v) is 11.1. The largest absolute Gasteiger partial charge is 0.452 e. The van der Waals surface area contributed by atoms with Crippen LogP contribution in [0, 0.1) is 0 Å². The molecule has 0 N–H and O–H groups in total. The van der Waals surface area contributed by atoms with Gasteiger partial charge in [-0.05, 0) is 35.9 Å². The first-order chi connectivity index (χ1) is 10.3. The van der Waals surface area contributed by atoms with Gasteiger partial charge < -0.3 is 4.74 Å². The molecule has 0 aliphatic carbocycles. The van der Waals surface area contributed by atoms with Crippen molar-refractivity contribution in [2.45, 2.75) is 0 Å². The standard InChI is InChI=1S/C18H11NO2/c20-18-14-6-2-4-8-16(14)21-17(18)11-12-9-10-19-15-7-3-1-5-13(12)15/h1-11H/b17-11-. The molecule has 0 saturated heterocycles. The van der Waals surface area contributed by atoms with E-state index in [0.717, 1.165) is 16.5 Å². The fraction of sp³-hybridized carbons (Fsp3) is 0. The van der Waals surface area contributed by atoms with Crippen molar-refractivity contribution < 1.29 is 9.53 Å². The summed E-state index contributed by atoms with van der Waals surface area (Å²) in [5, 5.41) is 1.000. The molecule has 3 nitrogen and oxygen atoms in total. The summed E-state index contributed by atoms with van der Waals surface area (Å²) < 4.78 is 5.66. The van der Waals surface area contributed by atoms with Crippen molar-refractivity contribution in [3.05, 3.63) is 77.7 Å². The first-order valence-electron chi connectivity index (χ1n) is 6.70. The predicted octanol–water partition coefficient (Wildman–Crippen LogP) is 3.85. The van der Waals surface area contributed by atoms with E-state index in [1.54, 1.807) is 24.4 Å². The van der Waals surface area contributed by atoms with Crippen LogP contribution in [0.3, 0.4) is 0 Å². The molecule has 100 valence electrons. The predicted molar refractivity (Wildman–Crippen MR) is 81.1 cm³/mol. The van der Waals surface area contributed by atoms with Crippen molar-refractivity contribution in [3.63, 3.8) is 0 Å². The summed E-state index contributed by atoms with van der Waals surface area (Å²) in [7, 11) is 0. The van der Waals surface area contributed by atoms with Crippen molar-refractivity contribution in [1.82, 2.24) is 4.98 Å². The molecule has 2 aromatic carbocycles. The van der Waals surface area contributed by atoms with Gasteiger partial charge >= 0.3 is 0 Å². The lowest BCUT2D eigenvalue weighted by molar-refractivity contribution is 0.101. The second-order valence-electron chi connectivity index (χ2n) is 4.85. The highest BCUT2D eigenvalue weighted by Crippen LogP contribution is 2.32. The summed E-state index contributed by atoms with van der Waals surface area (Å²) >= 11 is 0. The van der Waals surface area contributed by atoms with Crippen molar-refractivity contribution in [2.24, 2.45) is 0 Å². The van der Waals surface area contributed by atoms with Gasteiger partial charge in [-0.15, -0.1) is 0 Å². The SMILES string of the molecule is O=C1/C(=C/c2ccnc3ccccc23)Oc2ccccc21. The molecule has 0 atom stereocenters. The summed E-state index contributed by atoms with van der Waals surface area (Å²) in [4.78, 5) is 16.6. The smallest absolute Gasteiger partial charge is 0.231 e. The number of rotatable bonds is 1. The van der Waals surface area contributed by atoms with Gasteiger partial charge in [-0.25, -0.2) is 0 Å². The number of aromatic nitrogens is 1. The van der Waals surface area contributed by atoms with Gasteiger partial charge in [0.2, 0.25) is 5.78 Å². The molecule has 4 rings (SSSR count). The van der Waals surface area contributed by atoms with Crippen LogP contribution in [0.25, 0.3) is 17.0 Å². The molecule has 2 heterocycles. The number of ketones is 1. The summed E-state index contributed by atoms with van der Waals surface area (Å²) in [5.41, 5.74) is 2.44. The fourth-order valence-corrected chi connectivity index (χ4v) is 2.52. The highest BCUT2D eigenvalue weighted by Gasteiger charge is 2.26. The van der Waals surface area contributed by atoms with Crippen LogP contribution >= 0.6 is 0 Å². The van der Waals surface area contributed by atoms with E-state index in [2.05, 4.69) is 4.98 Å². The number of carbonyl (C=O) groups excluding carboxylic acids is 1. The number of pyridine rings is 1. The van der Waals surface area contributed by atoms with E-state index in [1.807, 2.05) is 42.5 Å². The van der Waals surface area contributed by atoms with Gasteiger partial charge in [-0.3, -0.25) is 9.78 Å². The first kappa shape index (κ1) is 11.9. The highest BCUT2D eigenvalue weighted by molar-refractivity contribution is 6.15. The lowest BCUT2D eigenvalue weighted by atomic mass is 10.1. The Hall–Kier alpha value is -2.94. The van der Waals surface area contributed by atoms with Crippen LogP contribution in [0.5, 0.6) is 5.75 Å². The maximum Gasteiger partial charge on any atom is 0.231 e. The molecule has 0 saturated carbocycles. The number of para-hydroxylation sites is 2. The Bertz CT molecular complexity index is 891. The molecule has 0 radical (unpaired) electrons. The molecular weight excluding hydrogens is 262 g/mol. The van der Waals surface area contributed by atoms with E-state index >= 15 is 0 Å². The molecule has 0 fully saturated rings. The number of allylic oxidation sites excluding steroid dienone is 1. The number of carbonyl (C=O) groups is 1. The molecule has 0 spiro atoms. The van der Waals surface area contributed by atoms with E-state index in [4.69, 9.17) is 4.74 Å². The molecule has 0 unspecified atom stereocenters. The van der Waals surface area contributed by atoms with Gasteiger partial charge in [0, 0.05) is 11.6 Å². The first-order valence-corrected chi connectivity index (χ1v) is 6.70. The zero-order chi connectivity index (χ0) is 14.2. The third-order valence-electron chi connectivity index (χ3n) is 3.54. The minimum atomic E-state index is -0.0773.